The molecule has 6 heteroatoms. The lowest BCUT2D eigenvalue weighted by Crippen LogP contribution is -2.05. The minimum atomic E-state index is 0.352. The van der Waals surface area contributed by atoms with Gasteiger partial charge in [-0.15, -0.1) is 0 Å². The Hall–Kier alpha value is -1.49. The third kappa shape index (κ3) is 2.19. The molecule has 0 spiro atoms. The van der Waals surface area contributed by atoms with Gasteiger partial charge in [-0.05, 0) is 19.9 Å². The predicted octanol–water partition coefficient (Wildman–Crippen LogP) is 1.94. The summed E-state index contributed by atoms with van der Waals surface area (Å²) in [6.07, 6.45) is 3.65. The highest BCUT2D eigenvalue weighted by Gasteiger charge is 2.06. The third-order valence-electron chi connectivity index (χ3n) is 2.26. The van der Waals surface area contributed by atoms with E-state index in [1.807, 2.05) is 16.9 Å². The molecule has 0 atom stereocenters. The molecule has 5 nitrogen and oxygen atoms in total. The molecule has 0 aliphatic rings. The number of rotatable bonds is 3. The Morgan fingerprint density at radius 1 is 1.44 bits per heavy atom. The van der Waals surface area contributed by atoms with Crippen LogP contribution in [0.2, 0.25) is 5.02 Å². The van der Waals surface area contributed by atoms with Gasteiger partial charge in [0.15, 0.2) is 5.82 Å². The second kappa shape index (κ2) is 4.17. The van der Waals surface area contributed by atoms with Crippen molar-refractivity contribution in [3.05, 3.63) is 29.2 Å². The Labute approximate surface area is 98.8 Å². The highest BCUT2D eigenvalue weighted by molar-refractivity contribution is 6.32. The number of nitrogens with zero attached hydrogens (tertiary/aromatic N) is 4. The number of anilines is 1. The van der Waals surface area contributed by atoms with Gasteiger partial charge in [0.05, 0.1) is 12.2 Å². The summed E-state index contributed by atoms with van der Waals surface area (Å²) in [5, 5.41) is 8.96. The van der Waals surface area contributed by atoms with Gasteiger partial charge >= 0.3 is 0 Å². The molecule has 2 heterocycles. The van der Waals surface area contributed by atoms with Gasteiger partial charge in [-0.1, -0.05) is 11.6 Å². The molecule has 0 aliphatic heterocycles. The van der Waals surface area contributed by atoms with E-state index in [1.54, 1.807) is 10.9 Å². The van der Waals surface area contributed by atoms with Crippen molar-refractivity contribution >= 4 is 17.4 Å². The number of aromatic nitrogens is 4. The minimum Gasteiger partial charge on any atom is -0.381 e. The van der Waals surface area contributed by atoms with Gasteiger partial charge in [-0.3, -0.25) is 9.36 Å². The highest BCUT2D eigenvalue weighted by atomic mass is 35.5. The predicted molar refractivity (Wildman–Crippen MR) is 63.4 cm³/mol. The number of halogens is 1. The quantitative estimate of drug-likeness (QED) is 0.891. The fourth-order valence-corrected chi connectivity index (χ4v) is 1.56. The van der Waals surface area contributed by atoms with Crippen LogP contribution < -0.4 is 5.73 Å². The highest BCUT2D eigenvalue weighted by Crippen LogP contribution is 2.16. The van der Waals surface area contributed by atoms with E-state index in [0.717, 1.165) is 5.69 Å². The molecular formula is C10H14ClN5. The van der Waals surface area contributed by atoms with Crippen molar-refractivity contribution in [2.45, 2.75) is 26.4 Å². The smallest absolute Gasteiger partial charge is 0.164 e. The first-order valence-corrected chi connectivity index (χ1v) is 5.46. The topological polar surface area (TPSA) is 61.7 Å². The van der Waals surface area contributed by atoms with E-state index < -0.39 is 0 Å². The van der Waals surface area contributed by atoms with E-state index in [1.165, 1.54) is 0 Å². The second-order valence-electron chi connectivity index (χ2n) is 3.94. The van der Waals surface area contributed by atoms with Crippen molar-refractivity contribution < 1.29 is 0 Å². The Morgan fingerprint density at radius 2 is 2.19 bits per heavy atom. The van der Waals surface area contributed by atoms with Gasteiger partial charge in [-0.25, -0.2) is 0 Å². The normalized spacial score (nSPS) is 11.2. The average Bonchev–Trinajstić information content (AvgIpc) is 2.76. The van der Waals surface area contributed by atoms with Crippen molar-refractivity contribution in [2.24, 2.45) is 0 Å². The number of nitrogen functional groups attached to an aromatic ring is 1. The van der Waals surface area contributed by atoms with Gasteiger partial charge in [0.25, 0.3) is 0 Å². The Kier molecular flexibility index (Phi) is 2.87. The summed E-state index contributed by atoms with van der Waals surface area (Å²) in [5.74, 6) is 0.352. The summed E-state index contributed by atoms with van der Waals surface area (Å²) in [4.78, 5) is 0. The molecule has 0 radical (unpaired) electrons. The maximum atomic E-state index is 5.82. The van der Waals surface area contributed by atoms with Crippen molar-refractivity contribution in [1.82, 2.24) is 19.6 Å². The van der Waals surface area contributed by atoms with Crippen LogP contribution in [0.25, 0.3) is 0 Å². The first-order valence-electron chi connectivity index (χ1n) is 5.08. The SMILES string of the molecule is CC(C)n1ccc(Cn2cc(Cl)c(N)n2)n1. The molecule has 0 saturated carbocycles. The van der Waals surface area contributed by atoms with Crippen LogP contribution >= 0.6 is 11.6 Å². The van der Waals surface area contributed by atoms with Crippen LogP contribution in [-0.4, -0.2) is 19.6 Å². The second-order valence-corrected chi connectivity index (χ2v) is 4.35. The maximum Gasteiger partial charge on any atom is 0.164 e. The van der Waals surface area contributed by atoms with Crippen molar-refractivity contribution in [3.63, 3.8) is 0 Å². The molecule has 0 amide bonds. The maximum absolute atomic E-state index is 5.82. The van der Waals surface area contributed by atoms with Crippen LogP contribution in [0.3, 0.4) is 0 Å². The van der Waals surface area contributed by atoms with E-state index in [9.17, 15) is 0 Å². The molecule has 0 unspecified atom stereocenters. The minimum absolute atomic E-state index is 0.352. The van der Waals surface area contributed by atoms with Crippen LogP contribution in [-0.2, 0) is 6.54 Å². The molecule has 16 heavy (non-hydrogen) atoms. The van der Waals surface area contributed by atoms with Crippen molar-refractivity contribution in [3.8, 4) is 0 Å². The Morgan fingerprint density at radius 3 is 2.69 bits per heavy atom. The number of hydrogen-bond donors (Lipinski definition) is 1. The van der Waals surface area contributed by atoms with Crippen LogP contribution in [0.5, 0.6) is 0 Å². The van der Waals surface area contributed by atoms with Crippen LogP contribution in [0.4, 0.5) is 5.82 Å². The lowest BCUT2D eigenvalue weighted by Gasteiger charge is -2.03. The molecule has 2 aromatic heterocycles. The molecule has 86 valence electrons. The van der Waals surface area contributed by atoms with Gasteiger partial charge < -0.3 is 5.73 Å². The molecular weight excluding hydrogens is 226 g/mol. The first kappa shape index (κ1) is 11.0. The average molecular weight is 240 g/mol. The van der Waals surface area contributed by atoms with Crippen molar-refractivity contribution in [2.75, 3.05) is 5.73 Å². The number of hydrogen-bond acceptors (Lipinski definition) is 3. The zero-order valence-electron chi connectivity index (χ0n) is 9.26. The van der Waals surface area contributed by atoms with Crippen LogP contribution in [0.1, 0.15) is 25.6 Å². The van der Waals surface area contributed by atoms with E-state index >= 15 is 0 Å². The fourth-order valence-electron chi connectivity index (χ4n) is 1.41. The molecule has 0 aliphatic carbocycles. The lowest BCUT2D eigenvalue weighted by atomic mass is 10.4. The zero-order valence-corrected chi connectivity index (χ0v) is 10.0. The van der Waals surface area contributed by atoms with E-state index in [2.05, 4.69) is 24.0 Å². The molecule has 2 N–H and O–H groups in total. The lowest BCUT2D eigenvalue weighted by molar-refractivity contribution is 0.521. The largest absolute Gasteiger partial charge is 0.381 e. The van der Waals surface area contributed by atoms with Crippen molar-refractivity contribution in [1.29, 1.82) is 0 Å². The van der Waals surface area contributed by atoms with Gasteiger partial charge in [-0.2, -0.15) is 10.2 Å². The summed E-state index contributed by atoms with van der Waals surface area (Å²) in [6.45, 7) is 4.75. The van der Waals surface area contributed by atoms with Crippen LogP contribution in [0.15, 0.2) is 18.5 Å². The van der Waals surface area contributed by atoms with E-state index in [-0.39, 0.29) is 0 Å². The van der Waals surface area contributed by atoms with Gasteiger partial charge in [0.1, 0.15) is 5.02 Å². The third-order valence-corrected chi connectivity index (χ3v) is 2.55. The Balaban J connectivity index is 2.14. The summed E-state index contributed by atoms with van der Waals surface area (Å²) in [5.41, 5.74) is 6.50. The zero-order chi connectivity index (χ0) is 11.7. The molecule has 2 rings (SSSR count). The molecule has 0 bridgehead atoms. The molecule has 0 saturated heterocycles. The van der Waals surface area contributed by atoms with E-state index in [4.69, 9.17) is 17.3 Å². The first-order chi connectivity index (χ1) is 7.56. The molecule has 0 aromatic carbocycles. The standard InChI is InChI=1S/C10H14ClN5/c1-7(2)16-4-3-8(13-16)5-15-6-9(11)10(12)14-15/h3-4,6-7H,5H2,1-2H3,(H2,12,14). The monoisotopic (exact) mass is 239 g/mol. The fraction of sp³-hybridized carbons (Fsp3) is 0.400. The summed E-state index contributed by atoms with van der Waals surface area (Å²) in [7, 11) is 0. The van der Waals surface area contributed by atoms with Gasteiger partial charge in [0, 0.05) is 18.4 Å². The van der Waals surface area contributed by atoms with E-state index in [0.29, 0.717) is 23.4 Å². The number of nitrogens with two attached hydrogens (primary N) is 1. The summed E-state index contributed by atoms with van der Waals surface area (Å²) in [6, 6.07) is 2.33. The molecule has 2 aromatic rings. The summed E-state index contributed by atoms with van der Waals surface area (Å²) >= 11 is 5.82. The molecule has 0 fully saturated rings. The Bertz CT molecular complexity index is 466. The van der Waals surface area contributed by atoms with Crippen LogP contribution in [0, 0.1) is 0 Å². The van der Waals surface area contributed by atoms with Gasteiger partial charge in [0.2, 0.25) is 0 Å². The summed E-state index contributed by atoms with van der Waals surface area (Å²) < 4.78 is 3.59.